The summed E-state index contributed by atoms with van der Waals surface area (Å²) in [6.45, 7) is 3.42. The minimum atomic E-state index is -0.674. The highest BCUT2D eigenvalue weighted by atomic mass is 16.5. The first-order chi connectivity index (χ1) is 9.60. The van der Waals surface area contributed by atoms with Gasteiger partial charge in [0, 0.05) is 32.8 Å². The summed E-state index contributed by atoms with van der Waals surface area (Å²) in [5, 5.41) is 5.34. The van der Waals surface area contributed by atoms with Crippen LogP contribution in [-0.4, -0.2) is 62.8 Å². The van der Waals surface area contributed by atoms with Gasteiger partial charge in [0.15, 0.2) is 0 Å². The molecule has 3 amide bonds. The Morgan fingerprint density at radius 1 is 1.35 bits per heavy atom. The molecule has 0 radical (unpaired) electrons. The molecule has 4 N–H and O–H groups in total. The van der Waals surface area contributed by atoms with Crippen LogP contribution >= 0.6 is 0 Å². The molecule has 20 heavy (non-hydrogen) atoms. The molecule has 0 aromatic carbocycles. The molecule has 0 unspecified atom stereocenters. The van der Waals surface area contributed by atoms with E-state index in [0.717, 1.165) is 25.6 Å². The SMILES string of the molecule is COCCN1C[C@H](NC(=O)CNC(N)=O)[C@@H](C2CC2)C1. The highest BCUT2D eigenvalue weighted by molar-refractivity contribution is 5.83. The third kappa shape index (κ3) is 4.35. The second-order valence-electron chi connectivity index (χ2n) is 5.65. The Hall–Kier alpha value is -1.34. The van der Waals surface area contributed by atoms with Gasteiger partial charge in [0.25, 0.3) is 0 Å². The van der Waals surface area contributed by atoms with Crippen LogP contribution in [0, 0.1) is 11.8 Å². The van der Waals surface area contributed by atoms with Crippen LogP contribution in [0.1, 0.15) is 12.8 Å². The van der Waals surface area contributed by atoms with Crippen molar-refractivity contribution in [3.05, 3.63) is 0 Å². The van der Waals surface area contributed by atoms with Crippen LogP contribution in [-0.2, 0) is 9.53 Å². The number of methoxy groups -OCH3 is 1. The summed E-state index contributed by atoms with van der Waals surface area (Å²) in [5.74, 6) is 1.08. The van der Waals surface area contributed by atoms with Crippen molar-refractivity contribution in [1.29, 1.82) is 0 Å². The number of hydrogen-bond acceptors (Lipinski definition) is 4. The summed E-state index contributed by atoms with van der Waals surface area (Å²) in [6.07, 6.45) is 2.52. The highest BCUT2D eigenvalue weighted by Crippen LogP contribution is 2.41. The molecule has 114 valence electrons. The van der Waals surface area contributed by atoms with Crippen molar-refractivity contribution in [3.63, 3.8) is 0 Å². The van der Waals surface area contributed by atoms with Crippen LogP contribution in [0.25, 0.3) is 0 Å². The Labute approximate surface area is 119 Å². The number of urea groups is 1. The molecule has 1 heterocycles. The van der Waals surface area contributed by atoms with Gasteiger partial charge in [-0.3, -0.25) is 9.69 Å². The van der Waals surface area contributed by atoms with Crippen LogP contribution < -0.4 is 16.4 Å². The van der Waals surface area contributed by atoms with Crippen LogP contribution in [0.15, 0.2) is 0 Å². The minimum absolute atomic E-state index is 0.0543. The zero-order valence-corrected chi connectivity index (χ0v) is 11.9. The van der Waals surface area contributed by atoms with Gasteiger partial charge in [-0.15, -0.1) is 0 Å². The molecule has 2 atom stereocenters. The number of hydrogen-bond donors (Lipinski definition) is 3. The van der Waals surface area contributed by atoms with E-state index >= 15 is 0 Å². The van der Waals surface area contributed by atoms with Crippen LogP contribution in [0.2, 0.25) is 0 Å². The molecular formula is C13H24N4O3. The molecular weight excluding hydrogens is 260 g/mol. The van der Waals surface area contributed by atoms with Crippen LogP contribution in [0.4, 0.5) is 4.79 Å². The summed E-state index contributed by atoms with van der Waals surface area (Å²) in [7, 11) is 1.70. The summed E-state index contributed by atoms with van der Waals surface area (Å²) < 4.78 is 5.11. The molecule has 2 fully saturated rings. The topological polar surface area (TPSA) is 96.7 Å². The first-order valence-electron chi connectivity index (χ1n) is 7.14. The molecule has 1 saturated carbocycles. The fraction of sp³-hybridized carbons (Fsp3) is 0.846. The van der Waals surface area contributed by atoms with E-state index in [2.05, 4.69) is 15.5 Å². The predicted octanol–water partition coefficient (Wildman–Crippen LogP) is -0.872. The zero-order valence-electron chi connectivity index (χ0n) is 11.9. The molecule has 1 aliphatic heterocycles. The molecule has 7 nitrogen and oxygen atoms in total. The van der Waals surface area contributed by atoms with Crippen molar-refractivity contribution in [2.24, 2.45) is 17.6 Å². The van der Waals surface area contributed by atoms with E-state index in [1.165, 1.54) is 12.8 Å². The molecule has 0 spiro atoms. The van der Waals surface area contributed by atoms with Gasteiger partial charge < -0.3 is 21.1 Å². The molecule has 2 aliphatic rings. The zero-order chi connectivity index (χ0) is 14.5. The Kier molecular flexibility index (Phi) is 5.19. The highest BCUT2D eigenvalue weighted by Gasteiger charge is 2.42. The van der Waals surface area contributed by atoms with Gasteiger partial charge in [-0.1, -0.05) is 0 Å². The van der Waals surface area contributed by atoms with Gasteiger partial charge in [0.2, 0.25) is 5.91 Å². The number of carbonyl (C=O) groups excluding carboxylic acids is 2. The van der Waals surface area contributed by atoms with Crippen molar-refractivity contribution in [2.75, 3.05) is 39.9 Å². The lowest BCUT2D eigenvalue weighted by molar-refractivity contribution is -0.121. The van der Waals surface area contributed by atoms with Gasteiger partial charge in [0.1, 0.15) is 0 Å². The second-order valence-corrected chi connectivity index (χ2v) is 5.65. The minimum Gasteiger partial charge on any atom is -0.383 e. The number of likely N-dealkylation sites (tertiary alicyclic amines) is 1. The first kappa shape index (κ1) is 15.1. The maximum atomic E-state index is 11.8. The van der Waals surface area contributed by atoms with Crippen LogP contribution in [0.3, 0.4) is 0 Å². The molecule has 1 saturated heterocycles. The number of ether oxygens (including phenoxy) is 1. The first-order valence-corrected chi connectivity index (χ1v) is 7.14. The van der Waals surface area contributed by atoms with Crippen molar-refractivity contribution >= 4 is 11.9 Å². The molecule has 0 aromatic heterocycles. The smallest absolute Gasteiger partial charge is 0.312 e. The van der Waals surface area contributed by atoms with Gasteiger partial charge in [0.05, 0.1) is 13.2 Å². The van der Waals surface area contributed by atoms with E-state index in [1.54, 1.807) is 7.11 Å². The lowest BCUT2D eigenvalue weighted by Gasteiger charge is -2.19. The number of carbonyl (C=O) groups is 2. The van der Waals surface area contributed by atoms with E-state index in [9.17, 15) is 9.59 Å². The third-order valence-electron chi connectivity index (χ3n) is 4.05. The molecule has 7 heteroatoms. The monoisotopic (exact) mass is 284 g/mol. The second kappa shape index (κ2) is 6.90. The number of nitrogens with two attached hydrogens (primary N) is 1. The number of primary amides is 1. The van der Waals surface area contributed by atoms with E-state index in [1.807, 2.05) is 0 Å². The average Bonchev–Trinajstić information content (AvgIpc) is 3.17. The van der Waals surface area contributed by atoms with Crippen molar-refractivity contribution in [3.8, 4) is 0 Å². The number of nitrogens with one attached hydrogen (secondary N) is 2. The summed E-state index contributed by atoms with van der Waals surface area (Å²) in [4.78, 5) is 24.7. The van der Waals surface area contributed by atoms with E-state index in [0.29, 0.717) is 12.5 Å². The Morgan fingerprint density at radius 3 is 2.70 bits per heavy atom. The fourth-order valence-corrected chi connectivity index (χ4v) is 2.90. The van der Waals surface area contributed by atoms with Gasteiger partial charge in [-0.25, -0.2) is 4.79 Å². The third-order valence-corrected chi connectivity index (χ3v) is 4.05. The maximum Gasteiger partial charge on any atom is 0.312 e. The molecule has 0 aromatic rings. The Bertz CT molecular complexity index is 360. The van der Waals surface area contributed by atoms with Gasteiger partial charge >= 0.3 is 6.03 Å². The van der Waals surface area contributed by atoms with Crippen molar-refractivity contribution in [2.45, 2.75) is 18.9 Å². The van der Waals surface area contributed by atoms with Crippen molar-refractivity contribution in [1.82, 2.24) is 15.5 Å². The summed E-state index contributed by atoms with van der Waals surface area (Å²) in [5.41, 5.74) is 4.96. The summed E-state index contributed by atoms with van der Waals surface area (Å²) >= 11 is 0. The van der Waals surface area contributed by atoms with Crippen LogP contribution in [0.5, 0.6) is 0 Å². The average molecular weight is 284 g/mol. The molecule has 2 rings (SSSR count). The maximum absolute atomic E-state index is 11.8. The van der Waals surface area contributed by atoms with Crippen molar-refractivity contribution < 1.29 is 14.3 Å². The predicted molar refractivity (Wildman–Crippen MR) is 74.0 cm³/mol. The number of nitrogens with zero attached hydrogens (tertiary/aromatic N) is 1. The van der Waals surface area contributed by atoms with E-state index < -0.39 is 6.03 Å². The standard InChI is InChI=1S/C13H24N4O3/c1-20-5-4-17-7-10(9-2-3-9)11(8-17)16-12(18)6-15-13(14)19/h9-11H,2-8H2,1H3,(H,16,18)(H3,14,15,19)/t10-,11+/m1/s1. The quantitative estimate of drug-likeness (QED) is 0.566. The normalized spacial score (nSPS) is 26.4. The van der Waals surface area contributed by atoms with Gasteiger partial charge in [-0.2, -0.15) is 0 Å². The molecule has 1 aliphatic carbocycles. The number of rotatable bonds is 7. The number of amides is 3. The Balaban J connectivity index is 1.81. The van der Waals surface area contributed by atoms with E-state index in [4.69, 9.17) is 10.5 Å². The summed E-state index contributed by atoms with van der Waals surface area (Å²) in [6, 6.07) is -0.506. The largest absolute Gasteiger partial charge is 0.383 e. The Morgan fingerprint density at radius 2 is 2.10 bits per heavy atom. The molecule has 0 bridgehead atoms. The van der Waals surface area contributed by atoms with Gasteiger partial charge in [-0.05, 0) is 24.7 Å². The lowest BCUT2D eigenvalue weighted by Crippen LogP contribution is -2.46. The fourth-order valence-electron chi connectivity index (χ4n) is 2.90. The lowest BCUT2D eigenvalue weighted by atomic mass is 9.98. The van der Waals surface area contributed by atoms with E-state index in [-0.39, 0.29) is 18.5 Å².